The topological polar surface area (TPSA) is 92.2 Å². The first-order chi connectivity index (χ1) is 11.1. The Morgan fingerprint density at radius 3 is 2.52 bits per heavy atom. The second-order valence-corrected chi connectivity index (χ2v) is 6.66. The lowest BCUT2D eigenvalue weighted by molar-refractivity contribution is -0.142. The van der Waals surface area contributed by atoms with Gasteiger partial charge in [0.15, 0.2) is 0 Å². The standard InChI is InChI=1S/C16H17N3O3S/c20-14(19-12-3-1-11(2-4-12)16(21)22)13-9-18-15(23-13)10-5-7-17-8-6-10/h5-9,11-12H,1-4H2,(H,19,20)(H,21,22). The monoisotopic (exact) mass is 331 g/mol. The zero-order chi connectivity index (χ0) is 16.2. The van der Waals surface area contributed by atoms with Crippen molar-refractivity contribution < 1.29 is 14.7 Å². The highest BCUT2D eigenvalue weighted by molar-refractivity contribution is 7.16. The number of nitrogens with one attached hydrogen (secondary N) is 1. The van der Waals surface area contributed by atoms with Crippen molar-refractivity contribution in [2.45, 2.75) is 31.7 Å². The number of hydrogen-bond acceptors (Lipinski definition) is 5. The average molecular weight is 331 g/mol. The van der Waals surface area contributed by atoms with Crippen LogP contribution in [-0.4, -0.2) is 33.0 Å². The predicted octanol–water partition coefficient (Wildman–Crippen LogP) is 2.58. The average Bonchev–Trinajstić information content (AvgIpc) is 3.06. The summed E-state index contributed by atoms with van der Waals surface area (Å²) in [6.45, 7) is 0. The molecule has 23 heavy (non-hydrogen) atoms. The Balaban J connectivity index is 1.59. The minimum Gasteiger partial charge on any atom is -0.481 e. The maximum absolute atomic E-state index is 12.3. The van der Waals surface area contributed by atoms with Crippen LogP contribution in [0, 0.1) is 5.92 Å². The van der Waals surface area contributed by atoms with E-state index in [1.165, 1.54) is 11.3 Å². The molecule has 1 fully saturated rings. The first-order valence-corrected chi connectivity index (χ1v) is 8.35. The van der Waals surface area contributed by atoms with Gasteiger partial charge < -0.3 is 10.4 Å². The molecule has 6 nitrogen and oxygen atoms in total. The summed E-state index contributed by atoms with van der Waals surface area (Å²) in [7, 11) is 0. The van der Waals surface area contributed by atoms with Crippen LogP contribution in [0.2, 0.25) is 0 Å². The first-order valence-electron chi connectivity index (χ1n) is 7.53. The van der Waals surface area contributed by atoms with Crippen molar-refractivity contribution in [3.05, 3.63) is 35.6 Å². The molecule has 2 N–H and O–H groups in total. The predicted molar refractivity (Wildman–Crippen MR) is 86.2 cm³/mol. The van der Waals surface area contributed by atoms with Crippen molar-refractivity contribution in [2.75, 3.05) is 0 Å². The summed E-state index contributed by atoms with van der Waals surface area (Å²) in [5, 5.41) is 12.8. The van der Waals surface area contributed by atoms with Crippen molar-refractivity contribution in [2.24, 2.45) is 5.92 Å². The molecule has 0 radical (unpaired) electrons. The van der Waals surface area contributed by atoms with Crippen LogP contribution in [0.3, 0.4) is 0 Å². The Morgan fingerprint density at radius 1 is 1.17 bits per heavy atom. The van der Waals surface area contributed by atoms with Crippen molar-refractivity contribution in [1.82, 2.24) is 15.3 Å². The number of carbonyl (C=O) groups is 2. The SMILES string of the molecule is O=C(NC1CCC(C(=O)O)CC1)c1cnc(-c2ccncc2)s1. The third-order valence-corrected chi connectivity index (χ3v) is 5.11. The van der Waals surface area contributed by atoms with Gasteiger partial charge in [-0.3, -0.25) is 14.6 Å². The number of carbonyl (C=O) groups excluding carboxylic acids is 1. The summed E-state index contributed by atoms with van der Waals surface area (Å²) in [4.78, 5) is 32.1. The van der Waals surface area contributed by atoms with Gasteiger partial charge in [-0.05, 0) is 37.8 Å². The molecule has 7 heteroatoms. The van der Waals surface area contributed by atoms with Gasteiger partial charge in [0.1, 0.15) is 9.88 Å². The van der Waals surface area contributed by atoms with Crippen molar-refractivity contribution in [3.8, 4) is 10.6 Å². The fourth-order valence-electron chi connectivity index (χ4n) is 2.75. The molecule has 0 aromatic carbocycles. The molecule has 1 aliphatic carbocycles. The highest BCUT2D eigenvalue weighted by atomic mass is 32.1. The largest absolute Gasteiger partial charge is 0.481 e. The molecule has 120 valence electrons. The van der Waals surface area contributed by atoms with E-state index in [0.717, 1.165) is 10.6 Å². The van der Waals surface area contributed by atoms with Crippen LogP contribution in [0.4, 0.5) is 0 Å². The van der Waals surface area contributed by atoms with E-state index in [2.05, 4.69) is 15.3 Å². The second-order valence-electron chi connectivity index (χ2n) is 5.63. The van der Waals surface area contributed by atoms with Crippen LogP contribution in [-0.2, 0) is 4.79 Å². The number of pyridine rings is 1. The molecule has 0 atom stereocenters. The van der Waals surface area contributed by atoms with Crippen LogP contribution in [0.25, 0.3) is 10.6 Å². The molecule has 1 aliphatic rings. The number of amides is 1. The molecule has 2 heterocycles. The van der Waals surface area contributed by atoms with Gasteiger partial charge in [-0.1, -0.05) is 0 Å². The molecule has 1 saturated carbocycles. The van der Waals surface area contributed by atoms with E-state index in [4.69, 9.17) is 5.11 Å². The maximum atomic E-state index is 12.3. The van der Waals surface area contributed by atoms with Crippen LogP contribution in [0.1, 0.15) is 35.4 Å². The van der Waals surface area contributed by atoms with Gasteiger partial charge in [-0.15, -0.1) is 11.3 Å². The van der Waals surface area contributed by atoms with E-state index in [9.17, 15) is 9.59 Å². The lowest BCUT2D eigenvalue weighted by Crippen LogP contribution is -2.38. The van der Waals surface area contributed by atoms with Gasteiger partial charge in [0.2, 0.25) is 0 Å². The Kier molecular flexibility index (Phi) is 4.66. The number of nitrogens with zero attached hydrogens (tertiary/aromatic N) is 2. The van der Waals surface area contributed by atoms with E-state index < -0.39 is 5.97 Å². The normalized spacial score (nSPS) is 20.9. The van der Waals surface area contributed by atoms with Gasteiger partial charge in [-0.25, -0.2) is 4.98 Å². The minimum absolute atomic E-state index is 0.0459. The Hall–Kier alpha value is -2.28. The van der Waals surface area contributed by atoms with Gasteiger partial charge in [-0.2, -0.15) is 0 Å². The highest BCUT2D eigenvalue weighted by Gasteiger charge is 2.27. The zero-order valence-electron chi connectivity index (χ0n) is 12.4. The van der Waals surface area contributed by atoms with E-state index in [1.54, 1.807) is 18.6 Å². The summed E-state index contributed by atoms with van der Waals surface area (Å²) in [6.07, 6.45) is 7.61. The lowest BCUT2D eigenvalue weighted by Gasteiger charge is -2.26. The van der Waals surface area contributed by atoms with Crippen molar-refractivity contribution in [1.29, 1.82) is 0 Å². The molecule has 1 amide bonds. The van der Waals surface area contributed by atoms with E-state index in [-0.39, 0.29) is 17.9 Å². The number of aliphatic carboxylic acids is 1. The van der Waals surface area contributed by atoms with Gasteiger partial charge in [0.25, 0.3) is 5.91 Å². The van der Waals surface area contributed by atoms with Gasteiger partial charge in [0, 0.05) is 24.0 Å². The van der Waals surface area contributed by atoms with E-state index in [1.807, 2.05) is 12.1 Å². The number of carboxylic acid groups (broad SMARTS) is 1. The molecule has 0 bridgehead atoms. The van der Waals surface area contributed by atoms with Crippen LogP contribution in [0.5, 0.6) is 0 Å². The zero-order valence-corrected chi connectivity index (χ0v) is 13.3. The molecule has 2 aromatic heterocycles. The van der Waals surface area contributed by atoms with Crippen LogP contribution >= 0.6 is 11.3 Å². The van der Waals surface area contributed by atoms with E-state index >= 15 is 0 Å². The van der Waals surface area contributed by atoms with Gasteiger partial charge in [0.05, 0.1) is 12.1 Å². The smallest absolute Gasteiger partial charge is 0.306 e. The molecule has 0 aliphatic heterocycles. The summed E-state index contributed by atoms with van der Waals surface area (Å²) in [5.74, 6) is -1.15. The third kappa shape index (κ3) is 3.73. The summed E-state index contributed by atoms with van der Waals surface area (Å²) in [5.41, 5.74) is 0.936. The van der Waals surface area contributed by atoms with Crippen LogP contribution < -0.4 is 5.32 Å². The number of aromatic nitrogens is 2. The van der Waals surface area contributed by atoms with Crippen molar-refractivity contribution in [3.63, 3.8) is 0 Å². The van der Waals surface area contributed by atoms with Crippen LogP contribution in [0.15, 0.2) is 30.7 Å². The fraction of sp³-hybridized carbons (Fsp3) is 0.375. The molecule has 3 rings (SSSR count). The Bertz CT molecular complexity index is 694. The van der Waals surface area contributed by atoms with Crippen molar-refractivity contribution >= 4 is 23.2 Å². The highest BCUT2D eigenvalue weighted by Crippen LogP contribution is 2.27. The molecule has 0 spiro atoms. The summed E-state index contributed by atoms with van der Waals surface area (Å²) in [6, 6.07) is 3.76. The number of rotatable bonds is 4. The number of carboxylic acids is 1. The van der Waals surface area contributed by atoms with Gasteiger partial charge >= 0.3 is 5.97 Å². The Labute approximate surface area is 137 Å². The fourth-order valence-corrected chi connectivity index (χ4v) is 3.57. The molecular weight excluding hydrogens is 314 g/mol. The molecule has 0 saturated heterocycles. The quantitative estimate of drug-likeness (QED) is 0.898. The molecule has 2 aromatic rings. The lowest BCUT2D eigenvalue weighted by atomic mass is 9.86. The summed E-state index contributed by atoms with van der Waals surface area (Å²) < 4.78 is 0. The maximum Gasteiger partial charge on any atom is 0.306 e. The first kappa shape index (κ1) is 15.6. The molecule has 0 unspecified atom stereocenters. The second kappa shape index (κ2) is 6.87. The summed E-state index contributed by atoms with van der Waals surface area (Å²) >= 11 is 1.34. The number of thiazole rings is 1. The minimum atomic E-state index is -0.737. The third-order valence-electron chi connectivity index (χ3n) is 4.07. The van der Waals surface area contributed by atoms with E-state index in [0.29, 0.717) is 30.6 Å². The number of hydrogen-bond donors (Lipinski definition) is 2. The Morgan fingerprint density at radius 2 is 1.87 bits per heavy atom. The molecular formula is C16H17N3O3S.